The van der Waals surface area contributed by atoms with Crippen LogP contribution in [0.15, 0.2) is 43.0 Å². The van der Waals surface area contributed by atoms with E-state index in [0.29, 0.717) is 17.9 Å². The summed E-state index contributed by atoms with van der Waals surface area (Å²) in [5.74, 6) is -0.416. The van der Waals surface area contributed by atoms with Crippen LogP contribution in [0.2, 0.25) is 0 Å². The molecule has 1 aromatic heterocycles. The number of hydrogen-bond donors (Lipinski definition) is 1. The van der Waals surface area contributed by atoms with Crippen LogP contribution in [-0.2, 0) is 4.74 Å². The molecule has 0 atom stereocenters. The van der Waals surface area contributed by atoms with Gasteiger partial charge < -0.3 is 10.1 Å². The first-order valence-electron chi connectivity index (χ1n) is 5.77. The zero-order valence-electron chi connectivity index (χ0n) is 10.4. The molecule has 0 saturated carbocycles. The minimum Gasteiger partial charge on any atom is -0.462 e. The molecule has 0 aliphatic carbocycles. The molecule has 0 spiro atoms. The third-order valence-corrected chi connectivity index (χ3v) is 2.36. The van der Waals surface area contributed by atoms with Crippen LogP contribution >= 0.6 is 0 Å². The van der Waals surface area contributed by atoms with Crippen LogP contribution in [0, 0.1) is 0 Å². The fourth-order valence-corrected chi connectivity index (χ4v) is 1.51. The van der Waals surface area contributed by atoms with Crippen LogP contribution in [0.4, 0.5) is 10.5 Å². The van der Waals surface area contributed by atoms with E-state index in [1.54, 1.807) is 31.2 Å². The van der Waals surface area contributed by atoms with Gasteiger partial charge in [-0.05, 0) is 25.1 Å². The highest BCUT2D eigenvalue weighted by Crippen LogP contribution is 2.12. The number of aromatic nitrogens is 2. The molecule has 0 unspecified atom stereocenters. The molecular formula is C13H13N3O3. The van der Waals surface area contributed by atoms with E-state index >= 15 is 0 Å². The molecule has 1 amide bonds. The number of nitrogens with zero attached hydrogens (tertiary/aromatic N) is 2. The Morgan fingerprint density at radius 3 is 2.95 bits per heavy atom. The van der Waals surface area contributed by atoms with Crippen LogP contribution in [0.25, 0.3) is 0 Å². The van der Waals surface area contributed by atoms with E-state index in [1.165, 1.54) is 23.3 Å². The van der Waals surface area contributed by atoms with Gasteiger partial charge in [-0.2, -0.15) is 0 Å². The van der Waals surface area contributed by atoms with Crippen molar-refractivity contribution in [3.8, 4) is 0 Å². The molecule has 0 fully saturated rings. The molecule has 1 aromatic carbocycles. The number of hydrogen-bond acceptors (Lipinski definition) is 4. The Labute approximate surface area is 110 Å². The Morgan fingerprint density at radius 2 is 2.26 bits per heavy atom. The second-order valence-corrected chi connectivity index (χ2v) is 3.70. The van der Waals surface area contributed by atoms with Crippen molar-refractivity contribution in [2.75, 3.05) is 11.9 Å². The minimum absolute atomic E-state index is 0.310. The molecule has 2 rings (SSSR count). The number of benzene rings is 1. The molecule has 6 nitrogen and oxygen atoms in total. The van der Waals surface area contributed by atoms with Crippen LogP contribution in [-0.4, -0.2) is 28.2 Å². The van der Waals surface area contributed by atoms with Crippen molar-refractivity contribution in [3.63, 3.8) is 0 Å². The highest BCUT2D eigenvalue weighted by Gasteiger charge is 2.09. The number of carbonyl (C=O) groups is 2. The van der Waals surface area contributed by atoms with Gasteiger partial charge >= 0.3 is 12.0 Å². The number of rotatable bonds is 3. The van der Waals surface area contributed by atoms with Crippen molar-refractivity contribution in [3.05, 3.63) is 48.5 Å². The maximum absolute atomic E-state index is 11.8. The van der Waals surface area contributed by atoms with E-state index in [0.717, 1.165) is 0 Å². The van der Waals surface area contributed by atoms with Gasteiger partial charge in [-0.3, -0.25) is 4.57 Å². The lowest BCUT2D eigenvalue weighted by Gasteiger charge is -2.07. The average molecular weight is 259 g/mol. The van der Waals surface area contributed by atoms with Gasteiger partial charge in [-0.15, -0.1) is 0 Å². The Balaban J connectivity index is 2.11. The highest BCUT2D eigenvalue weighted by molar-refractivity contribution is 5.94. The number of amides is 1. The van der Waals surface area contributed by atoms with Gasteiger partial charge in [0.1, 0.15) is 6.33 Å². The van der Waals surface area contributed by atoms with Gasteiger partial charge in [-0.1, -0.05) is 6.07 Å². The van der Waals surface area contributed by atoms with Gasteiger partial charge in [0.2, 0.25) is 0 Å². The molecule has 6 heteroatoms. The quantitative estimate of drug-likeness (QED) is 0.857. The van der Waals surface area contributed by atoms with E-state index < -0.39 is 5.97 Å². The molecule has 19 heavy (non-hydrogen) atoms. The molecule has 98 valence electrons. The van der Waals surface area contributed by atoms with Crippen LogP contribution in [0.1, 0.15) is 17.3 Å². The predicted molar refractivity (Wildman–Crippen MR) is 69.0 cm³/mol. The average Bonchev–Trinajstić information content (AvgIpc) is 2.93. The smallest absolute Gasteiger partial charge is 0.338 e. The lowest BCUT2D eigenvalue weighted by atomic mass is 10.2. The summed E-state index contributed by atoms with van der Waals surface area (Å²) >= 11 is 0. The summed E-state index contributed by atoms with van der Waals surface area (Å²) < 4.78 is 6.20. The zero-order valence-corrected chi connectivity index (χ0v) is 10.4. The molecule has 0 saturated heterocycles. The molecular weight excluding hydrogens is 246 g/mol. The number of imidazole rings is 1. The van der Waals surface area contributed by atoms with Crippen molar-refractivity contribution in [2.24, 2.45) is 0 Å². The monoisotopic (exact) mass is 259 g/mol. The number of esters is 1. The van der Waals surface area contributed by atoms with Gasteiger partial charge in [-0.25, -0.2) is 14.6 Å². The van der Waals surface area contributed by atoms with Crippen molar-refractivity contribution in [1.82, 2.24) is 9.55 Å². The fraction of sp³-hybridized carbons (Fsp3) is 0.154. The highest BCUT2D eigenvalue weighted by atomic mass is 16.5. The molecule has 0 radical (unpaired) electrons. The third kappa shape index (κ3) is 3.19. The molecule has 2 aromatic rings. The summed E-state index contributed by atoms with van der Waals surface area (Å²) in [5, 5.41) is 2.66. The van der Waals surface area contributed by atoms with Gasteiger partial charge in [0, 0.05) is 18.1 Å². The number of nitrogens with one attached hydrogen (secondary N) is 1. The first-order chi connectivity index (χ1) is 9.20. The third-order valence-electron chi connectivity index (χ3n) is 2.36. The topological polar surface area (TPSA) is 73.2 Å². The molecule has 0 aliphatic heterocycles. The normalized spacial score (nSPS) is 9.95. The summed E-state index contributed by atoms with van der Waals surface area (Å²) in [7, 11) is 0. The summed E-state index contributed by atoms with van der Waals surface area (Å²) in [6.07, 6.45) is 4.43. The van der Waals surface area contributed by atoms with Crippen LogP contribution < -0.4 is 5.32 Å². The van der Waals surface area contributed by atoms with E-state index in [-0.39, 0.29) is 6.03 Å². The van der Waals surface area contributed by atoms with Gasteiger partial charge in [0.25, 0.3) is 0 Å². The molecule has 1 N–H and O–H groups in total. The molecule has 0 aliphatic rings. The predicted octanol–water partition coefficient (Wildman–Crippen LogP) is 2.14. The Morgan fingerprint density at radius 1 is 1.42 bits per heavy atom. The SMILES string of the molecule is CCOC(=O)c1cccc(NC(=O)n2ccnc2)c1. The minimum atomic E-state index is -0.416. The maximum atomic E-state index is 11.8. The maximum Gasteiger partial charge on any atom is 0.338 e. The van der Waals surface area contributed by atoms with Crippen molar-refractivity contribution < 1.29 is 14.3 Å². The second-order valence-electron chi connectivity index (χ2n) is 3.70. The van der Waals surface area contributed by atoms with Crippen molar-refractivity contribution >= 4 is 17.7 Å². The van der Waals surface area contributed by atoms with E-state index in [2.05, 4.69) is 10.3 Å². The van der Waals surface area contributed by atoms with E-state index in [9.17, 15) is 9.59 Å². The fourth-order valence-electron chi connectivity index (χ4n) is 1.51. The number of carbonyl (C=O) groups excluding carboxylic acids is 2. The lowest BCUT2D eigenvalue weighted by molar-refractivity contribution is 0.0526. The van der Waals surface area contributed by atoms with E-state index in [4.69, 9.17) is 4.74 Å². The summed E-state index contributed by atoms with van der Waals surface area (Å²) in [6, 6.07) is 6.21. The number of ether oxygens (including phenoxy) is 1. The Hall–Kier alpha value is -2.63. The summed E-state index contributed by atoms with van der Waals surface area (Å²) in [5.41, 5.74) is 0.912. The van der Waals surface area contributed by atoms with Gasteiger partial charge in [0.05, 0.1) is 12.2 Å². The Bertz CT molecular complexity index is 579. The zero-order chi connectivity index (χ0) is 13.7. The molecule has 1 heterocycles. The summed E-state index contributed by atoms with van der Waals surface area (Å²) in [6.45, 7) is 2.05. The first kappa shape index (κ1) is 12.8. The summed E-state index contributed by atoms with van der Waals surface area (Å²) in [4.78, 5) is 27.1. The lowest BCUT2D eigenvalue weighted by Crippen LogP contribution is -2.18. The van der Waals surface area contributed by atoms with E-state index in [1.807, 2.05) is 0 Å². The van der Waals surface area contributed by atoms with Gasteiger partial charge in [0.15, 0.2) is 0 Å². The molecule has 0 bridgehead atoms. The number of anilines is 1. The van der Waals surface area contributed by atoms with Crippen LogP contribution in [0.3, 0.4) is 0 Å². The van der Waals surface area contributed by atoms with Crippen LogP contribution in [0.5, 0.6) is 0 Å². The van der Waals surface area contributed by atoms with Crippen molar-refractivity contribution in [2.45, 2.75) is 6.92 Å². The van der Waals surface area contributed by atoms with Crippen molar-refractivity contribution in [1.29, 1.82) is 0 Å². The first-order valence-corrected chi connectivity index (χ1v) is 5.77. The Kier molecular flexibility index (Phi) is 3.92. The second kappa shape index (κ2) is 5.81. The largest absolute Gasteiger partial charge is 0.462 e. The standard InChI is InChI=1S/C13H13N3O3/c1-2-19-12(17)10-4-3-5-11(8-10)15-13(18)16-7-6-14-9-16/h3-9H,2H2,1H3,(H,15,18).